The van der Waals surface area contributed by atoms with E-state index < -0.39 is 10.1 Å². The van der Waals surface area contributed by atoms with Crippen LogP contribution in [0.3, 0.4) is 0 Å². The first-order chi connectivity index (χ1) is 14.6. The summed E-state index contributed by atoms with van der Waals surface area (Å²) in [6.07, 6.45) is 20.4. The zero-order valence-corrected chi connectivity index (χ0v) is 23.0. The van der Waals surface area contributed by atoms with Crippen LogP contribution in [0.15, 0.2) is 29.2 Å². The van der Waals surface area contributed by atoms with Crippen LogP contribution in [0.2, 0.25) is 0 Å². The van der Waals surface area contributed by atoms with Gasteiger partial charge in [0.2, 0.25) is 0 Å². The van der Waals surface area contributed by atoms with Gasteiger partial charge in [-0.2, -0.15) is 0 Å². The summed E-state index contributed by atoms with van der Waals surface area (Å²) in [5.74, 6) is 0. The fourth-order valence-electron chi connectivity index (χ4n) is 3.49. The van der Waals surface area contributed by atoms with Crippen molar-refractivity contribution < 1.29 is 17.5 Å². The van der Waals surface area contributed by atoms with Crippen LogP contribution in [0.1, 0.15) is 102 Å². The van der Waals surface area contributed by atoms with Crippen LogP contribution in [0.4, 0.5) is 0 Å². The Kier molecular flexibility index (Phi) is 20.8. The minimum absolute atomic E-state index is 0. The van der Waals surface area contributed by atoms with Crippen molar-refractivity contribution in [2.24, 2.45) is 0 Å². The molecule has 0 unspecified atom stereocenters. The molecule has 0 spiro atoms. The van der Waals surface area contributed by atoms with Gasteiger partial charge in [-0.05, 0) is 31.9 Å². The van der Waals surface area contributed by atoms with Crippen LogP contribution in [-0.2, 0) is 10.1 Å². The molecule has 0 N–H and O–H groups in total. The molecular weight excluding hydrogens is 442 g/mol. The van der Waals surface area contributed by atoms with Crippen LogP contribution in [-0.4, -0.2) is 45.1 Å². The fourth-order valence-corrected chi connectivity index (χ4v) is 3.96. The fraction of sp³-hybridized carbons (Fsp3) is 0.769. The highest BCUT2D eigenvalue weighted by Gasteiger charge is 2.05. The van der Waals surface area contributed by atoms with Crippen LogP contribution in [0.25, 0.3) is 0 Å². The Morgan fingerprint density at radius 3 is 1.34 bits per heavy atom. The Bertz CT molecular complexity index is 640. The molecule has 0 aliphatic carbocycles. The molecule has 0 atom stereocenters. The number of unbranched alkanes of at least 4 members (excludes halogenated alkanes) is 13. The normalized spacial score (nSPS) is 11.4. The van der Waals surface area contributed by atoms with E-state index in [1.807, 2.05) is 6.92 Å². The number of hydrogen-bond donors (Lipinski definition) is 0. The van der Waals surface area contributed by atoms with Gasteiger partial charge in [-0.15, -0.1) is 12.4 Å². The quantitative estimate of drug-likeness (QED) is 0.137. The Hall–Kier alpha value is -0.620. The SMILES string of the molecule is CCCCCCCCCCCCCCCC[N+](C)(C)C.Cc1ccc(S(=O)(=O)[O-])cc1.Cl. The van der Waals surface area contributed by atoms with Gasteiger partial charge in [0, 0.05) is 0 Å². The molecule has 0 bridgehead atoms. The molecule has 6 heteroatoms. The number of aryl methyl sites for hydroxylation is 1. The molecule has 32 heavy (non-hydrogen) atoms. The van der Waals surface area contributed by atoms with Crippen molar-refractivity contribution in [2.75, 3.05) is 27.7 Å². The molecular formula is C26H50ClNO3S. The topological polar surface area (TPSA) is 57.2 Å². The van der Waals surface area contributed by atoms with E-state index in [4.69, 9.17) is 0 Å². The third-order valence-electron chi connectivity index (χ3n) is 5.49. The van der Waals surface area contributed by atoms with E-state index >= 15 is 0 Å². The Morgan fingerprint density at radius 1 is 0.688 bits per heavy atom. The largest absolute Gasteiger partial charge is 0.744 e. The highest BCUT2D eigenvalue weighted by molar-refractivity contribution is 7.85. The van der Waals surface area contributed by atoms with Gasteiger partial charge in [0.05, 0.1) is 32.6 Å². The van der Waals surface area contributed by atoms with Crippen LogP contribution >= 0.6 is 12.4 Å². The summed E-state index contributed by atoms with van der Waals surface area (Å²) in [4.78, 5) is -0.178. The molecule has 0 saturated heterocycles. The highest BCUT2D eigenvalue weighted by Crippen LogP contribution is 2.13. The maximum atomic E-state index is 10.4. The first kappa shape index (κ1) is 33.6. The minimum atomic E-state index is -4.27. The number of hydrogen-bond acceptors (Lipinski definition) is 3. The number of halogens is 1. The smallest absolute Gasteiger partial charge is 0.124 e. The molecule has 0 amide bonds. The molecule has 0 saturated carbocycles. The predicted molar refractivity (Wildman–Crippen MR) is 140 cm³/mol. The second-order valence-corrected chi connectivity index (χ2v) is 11.3. The highest BCUT2D eigenvalue weighted by atomic mass is 35.5. The van der Waals surface area contributed by atoms with Gasteiger partial charge in [-0.3, -0.25) is 0 Å². The summed E-state index contributed by atoms with van der Waals surface area (Å²) in [5.41, 5.74) is 0.928. The third kappa shape index (κ3) is 22.6. The molecule has 0 heterocycles. The molecule has 1 aromatic rings. The van der Waals surface area contributed by atoms with Gasteiger partial charge < -0.3 is 9.04 Å². The lowest BCUT2D eigenvalue weighted by molar-refractivity contribution is -0.870. The Balaban J connectivity index is 0. The minimum Gasteiger partial charge on any atom is -0.744 e. The lowest BCUT2D eigenvalue weighted by atomic mass is 10.0. The van der Waals surface area contributed by atoms with Crippen LogP contribution in [0.5, 0.6) is 0 Å². The van der Waals surface area contributed by atoms with Gasteiger partial charge in [0.15, 0.2) is 0 Å². The number of quaternary nitrogens is 1. The predicted octanol–water partition coefficient (Wildman–Crippen LogP) is 7.49. The molecule has 0 fully saturated rings. The average Bonchev–Trinajstić information content (AvgIpc) is 2.67. The zero-order chi connectivity index (χ0) is 23.6. The van der Waals surface area contributed by atoms with E-state index in [-0.39, 0.29) is 17.3 Å². The Labute approximate surface area is 205 Å². The van der Waals surface area contributed by atoms with Crippen molar-refractivity contribution in [1.29, 1.82) is 0 Å². The third-order valence-corrected chi connectivity index (χ3v) is 6.34. The summed E-state index contributed by atoms with van der Waals surface area (Å²) in [6, 6.07) is 5.78. The van der Waals surface area contributed by atoms with Crippen molar-refractivity contribution in [2.45, 2.75) is 109 Å². The summed E-state index contributed by atoms with van der Waals surface area (Å²) in [6.45, 7) is 5.45. The monoisotopic (exact) mass is 491 g/mol. The second kappa shape index (κ2) is 19.8. The maximum absolute atomic E-state index is 10.4. The molecule has 0 radical (unpaired) electrons. The van der Waals surface area contributed by atoms with E-state index in [0.29, 0.717) is 0 Å². The lowest BCUT2D eigenvalue weighted by Gasteiger charge is -2.23. The molecule has 0 aliphatic rings. The first-order valence-electron chi connectivity index (χ1n) is 12.4. The standard InChI is InChI=1S/C19H42N.C7H8O3S.ClH/c1-5-6-7-8-9-10-11-12-13-14-15-16-17-18-19-20(2,3)4;1-6-2-4-7(5-3-6)11(8,9)10;/h5-19H2,1-4H3;2-5H,1H3,(H,8,9,10);1H/q+1;;/p-1. The molecule has 190 valence electrons. The van der Waals surface area contributed by atoms with Gasteiger partial charge in [-0.25, -0.2) is 8.42 Å². The van der Waals surface area contributed by atoms with Crippen molar-refractivity contribution in [3.8, 4) is 0 Å². The summed E-state index contributed by atoms with van der Waals surface area (Å²) < 4.78 is 32.3. The van der Waals surface area contributed by atoms with E-state index in [1.54, 1.807) is 12.1 Å². The van der Waals surface area contributed by atoms with Gasteiger partial charge in [-0.1, -0.05) is 102 Å². The molecule has 1 aromatic carbocycles. The summed E-state index contributed by atoms with van der Waals surface area (Å²) in [5, 5.41) is 0. The zero-order valence-electron chi connectivity index (χ0n) is 21.4. The van der Waals surface area contributed by atoms with Crippen molar-refractivity contribution in [1.82, 2.24) is 0 Å². The summed E-state index contributed by atoms with van der Waals surface area (Å²) >= 11 is 0. The molecule has 0 aliphatic heterocycles. The maximum Gasteiger partial charge on any atom is 0.124 e. The average molecular weight is 492 g/mol. The van der Waals surface area contributed by atoms with E-state index in [0.717, 1.165) is 10.0 Å². The van der Waals surface area contributed by atoms with Crippen LogP contribution < -0.4 is 0 Å². The molecule has 0 aromatic heterocycles. The van der Waals surface area contributed by atoms with E-state index in [9.17, 15) is 13.0 Å². The number of rotatable bonds is 16. The van der Waals surface area contributed by atoms with Gasteiger partial charge in [0.1, 0.15) is 10.1 Å². The molecule has 4 nitrogen and oxygen atoms in total. The number of benzene rings is 1. The van der Waals surface area contributed by atoms with Crippen LogP contribution in [0, 0.1) is 6.92 Å². The van der Waals surface area contributed by atoms with E-state index in [2.05, 4.69) is 28.1 Å². The van der Waals surface area contributed by atoms with Crippen molar-refractivity contribution >= 4 is 22.5 Å². The number of nitrogens with zero attached hydrogens (tertiary/aromatic N) is 1. The first-order valence-corrected chi connectivity index (χ1v) is 13.8. The van der Waals surface area contributed by atoms with Gasteiger partial charge >= 0.3 is 0 Å². The Morgan fingerprint density at radius 2 is 1.03 bits per heavy atom. The summed E-state index contributed by atoms with van der Waals surface area (Å²) in [7, 11) is 2.61. The lowest BCUT2D eigenvalue weighted by Crippen LogP contribution is -2.35. The van der Waals surface area contributed by atoms with Crippen molar-refractivity contribution in [3.05, 3.63) is 29.8 Å². The molecule has 1 rings (SSSR count). The second-order valence-electron chi connectivity index (χ2n) is 9.88. The van der Waals surface area contributed by atoms with Crippen molar-refractivity contribution in [3.63, 3.8) is 0 Å². The van der Waals surface area contributed by atoms with Gasteiger partial charge in [0.25, 0.3) is 0 Å². The van der Waals surface area contributed by atoms with E-state index in [1.165, 1.54) is 109 Å².